The van der Waals surface area contributed by atoms with E-state index in [9.17, 15) is 9.59 Å². The van der Waals surface area contributed by atoms with Crippen LogP contribution in [0.1, 0.15) is 42.4 Å². The summed E-state index contributed by atoms with van der Waals surface area (Å²) in [5, 5.41) is 2.32. The number of rotatable bonds is 9. The first-order valence-corrected chi connectivity index (χ1v) is 11.2. The molecule has 32 heavy (non-hydrogen) atoms. The van der Waals surface area contributed by atoms with E-state index in [2.05, 4.69) is 4.98 Å². The van der Waals surface area contributed by atoms with Gasteiger partial charge in [0.05, 0.1) is 30.7 Å². The van der Waals surface area contributed by atoms with Gasteiger partial charge in [0.1, 0.15) is 6.61 Å². The Morgan fingerprint density at radius 2 is 1.88 bits per heavy atom. The van der Waals surface area contributed by atoms with Gasteiger partial charge in [0.25, 0.3) is 0 Å². The lowest BCUT2D eigenvalue weighted by Crippen LogP contribution is -2.23. The first kappa shape index (κ1) is 23.3. The average molecular weight is 455 g/mol. The van der Waals surface area contributed by atoms with Gasteiger partial charge in [-0.15, -0.1) is 11.3 Å². The van der Waals surface area contributed by atoms with Gasteiger partial charge in [0.2, 0.25) is 5.91 Å². The lowest BCUT2D eigenvalue weighted by atomic mass is 10.1. The van der Waals surface area contributed by atoms with Gasteiger partial charge in [0.15, 0.2) is 16.6 Å². The fraction of sp³-hybridized carbons (Fsp3) is 0.292. The zero-order valence-corrected chi connectivity index (χ0v) is 19.4. The highest BCUT2D eigenvalue weighted by Crippen LogP contribution is 2.32. The van der Waals surface area contributed by atoms with Crippen molar-refractivity contribution in [2.45, 2.75) is 33.8 Å². The van der Waals surface area contributed by atoms with Crippen molar-refractivity contribution < 1.29 is 23.8 Å². The number of benzene rings is 2. The number of thiazole rings is 1. The largest absolute Gasteiger partial charge is 0.493 e. The van der Waals surface area contributed by atoms with E-state index in [0.717, 1.165) is 17.7 Å². The Morgan fingerprint density at radius 1 is 1.09 bits per heavy atom. The van der Waals surface area contributed by atoms with Gasteiger partial charge < -0.3 is 14.2 Å². The molecule has 0 spiro atoms. The van der Waals surface area contributed by atoms with Crippen molar-refractivity contribution in [2.75, 3.05) is 18.6 Å². The molecule has 0 saturated heterocycles. The van der Waals surface area contributed by atoms with Gasteiger partial charge >= 0.3 is 5.97 Å². The molecular formula is C24H26N2O5S. The Kier molecular flexibility index (Phi) is 7.83. The highest BCUT2D eigenvalue weighted by Gasteiger charge is 2.21. The molecule has 7 nitrogen and oxygen atoms in total. The van der Waals surface area contributed by atoms with E-state index in [1.165, 1.54) is 25.4 Å². The molecule has 1 heterocycles. The van der Waals surface area contributed by atoms with Crippen LogP contribution in [0.5, 0.6) is 11.5 Å². The number of carbonyl (C=O) groups excluding carboxylic acids is 2. The van der Waals surface area contributed by atoms with E-state index in [4.69, 9.17) is 14.2 Å². The zero-order valence-electron chi connectivity index (χ0n) is 18.6. The molecule has 1 amide bonds. The molecule has 3 rings (SSSR count). The standard InChI is InChI=1S/C24H26N2O5S/c1-5-17-9-7-8-10-20(17)26(16(3)27)24-25-19(15-32-24)14-31-23(28)18-11-12-21(30-6-2)22(13-18)29-4/h7-13,15H,5-6,14H2,1-4H3. The number of aromatic nitrogens is 1. The molecule has 0 aliphatic heterocycles. The molecule has 168 valence electrons. The maximum atomic E-state index is 12.5. The number of anilines is 2. The van der Waals surface area contributed by atoms with Gasteiger partial charge in [-0.25, -0.2) is 9.78 Å². The van der Waals surface area contributed by atoms with Crippen molar-refractivity contribution in [2.24, 2.45) is 0 Å². The normalized spacial score (nSPS) is 10.5. The topological polar surface area (TPSA) is 78.0 Å². The number of aryl methyl sites for hydroxylation is 1. The second kappa shape index (κ2) is 10.8. The van der Waals surface area contributed by atoms with E-state index >= 15 is 0 Å². The first-order chi connectivity index (χ1) is 15.5. The minimum absolute atomic E-state index is 0.00791. The number of methoxy groups -OCH3 is 1. The van der Waals surface area contributed by atoms with E-state index in [0.29, 0.717) is 34.5 Å². The number of carbonyl (C=O) groups is 2. The number of hydrogen-bond acceptors (Lipinski definition) is 7. The lowest BCUT2D eigenvalue weighted by molar-refractivity contribution is -0.115. The summed E-state index contributed by atoms with van der Waals surface area (Å²) >= 11 is 1.33. The molecular weight excluding hydrogens is 428 g/mol. The van der Waals surface area contributed by atoms with Crippen molar-refractivity contribution in [3.63, 3.8) is 0 Å². The predicted octanol–water partition coefficient (Wildman–Crippen LogP) is 5.15. The molecule has 2 aromatic carbocycles. The fourth-order valence-corrected chi connectivity index (χ4v) is 4.06. The molecule has 0 radical (unpaired) electrons. The maximum absolute atomic E-state index is 12.5. The van der Waals surface area contributed by atoms with Crippen molar-refractivity contribution in [1.82, 2.24) is 4.98 Å². The minimum atomic E-state index is -0.499. The summed E-state index contributed by atoms with van der Waals surface area (Å²) in [5.41, 5.74) is 2.77. The Balaban J connectivity index is 1.73. The molecule has 0 unspecified atom stereocenters. The number of esters is 1. The van der Waals surface area contributed by atoms with Gasteiger partial charge in [-0.05, 0) is 43.2 Å². The molecule has 0 aliphatic carbocycles. The Bertz CT molecular complexity index is 1100. The molecule has 0 bridgehead atoms. The summed E-state index contributed by atoms with van der Waals surface area (Å²) < 4.78 is 16.2. The Morgan fingerprint density at radius 3 is 2.56 bits per heavy atom. The quantitative estimate of drug-likeness (QED) is 0.416. The van der Waals surface area contributed by atoms with Crippen LogP contribution in [0.4, 0.5) is 10.8 Å². The lowest BCUT2D eigenvalue weighted by Gasteiger charge is -2.20. The summed E-state index contributed by atoms with van der Waals surface area (Å²) in [6.07, 6.45) is 0.793. The molecule has 1 aromatic heterocycles. The summed E-state index contributed by atoms with van der Waals surface area (Å²) in [7, 11) is 1.52. The number of para-hydroxylation sites is 1. The van der Waals surface area contributed by atoms with Crippen LogP contribution in [-0.4, -0.2) is 30.6 Å². The Hall–Kier alpha value is -3.39. The van der Waals surface area contributed by atoms with Crippen LogP contribution >= 0.6 is 11.3 Å². The average Bonchev–Trinajstić information content (AvgIpc) is 3.26. The van der Waals surface area contributed by atoms with Crippen LogP contribution in [0, 0.1) is 0 Å². The maximum Gasteiger partial charge on any atom is 0.338 e. The minimum Gasteiger partial charge on any atom is -0.493 e. The van der Waals surface area contributed by atoms with Crippen LogP contribution in [0.3, 0.4) is 0 Å². The van der Waals surface area contributed by atoms with Gasteiger partial charge in [-0.2, -0.15) is 0 Å². The predicted molar refractivity (Wildman–Crippen MR) is 124 cm³/mol. The second-order valence-corrected chi connectivity index (χ2v) is 7.67. The van der Waals surface area contributed by atoms with E-state index < -0.39 is 5.97 Å². The summed E-state index contributed by atoms with van der Waals surface area (Å²) in [6, 6.07) is 12.6. The summed E-state index contributed by atoms with van der Waals surface area (Å²) in [6.45, 7) is 5.91. The molecule has 0 aliphatic rings. The number of amides is 1. The van der Waals surface area contributed by atoms with Crippen molar-refractivity contribution in [1.29, 1.82) is 0 Å². The van der Waals surface area contributed by atoms with Crippen molar-refractivity contribution >= 4 is 34.0 Å². The second-order valence-electron chi connectivity index (χ2n) is 6.83. The smallest absolute Gasteiger partial charge is 0.338 e. The van der Waals surface area contributed by atoms with Crippen LogP contribution in [0.2, 0.25) is 0 Å². The van der Waals surface area contributed by atoms with Gasteiger partial charge in [-0.3, -0.25) is 9.69 Å². The number of hydrogen-bond donors (Lipinski definition) is 0. The molecule has 0 atom stereocenters. The van der Waals surface area contributed by atoms with E-state index in [1.54, 1.807) is 28.5 Å². The summed E-state index contributed by atoms with van der Waals surface area (Å²) in [4.78, 5) is 31.0. The number of nitrogens with zero attached hydrogens (tertiary/aromatic N) is 2. The third-order valence-electron chi connectivity index (χ3n) is 4.71. The molecule has 0 saturated carbocycles. The molecule has 0 fully saturated rings. The SMILES string of the molecule is CCOc1ccc(C(=O)OCc2csc(N(C(C)=O)c3ccccc3CC)n2)cc1OC. The van der Waals surface area contributed by atoms with Crippen molar-refractivity contribution in [3.8, 4) is 11.5 Å². The van der Waals surface area contributed by atoms with Crippen LogP contribution < -0.4 is 14.4 Å². The zero-order chi connectivity index (χ0) is 23.1. The van der Waals surface area contributed by atoms with E-state index in [-0.39, 0.29) is 12.5 Å². The van der Waals surface area contributed by atoms with Crippen LogP contribution in [-0.2, 0) is 22.6 Å². The highest BCUT2D eigenvalue weighted by atomic mass is 32.1. The van der Waals surface area contributed by atoms with E-state index in [1.807, 2.05) is 38.1 Å². The van der Waals surface area contributed by atoms with Gasteiger partial charge in [-0.1, -0.05) is 25.1 Å². The summed E-state index contributed by atoms with van der Waals surface area (Å²) in [5.74, 6) is 0.391. The van der Waals surface area contributed by atoms with Crippen LogP contribution in [0.25, 0.3) is 0 Å². The fourth-order valence-electron chi connectivity index (χ4n) is 3.19. The molecule has 0 N–H and O–H groups in total. The monoisotopic (exact) mass is 454 g/mol. The molecule has 8 heteroatoms. The third-order valence-corrected chi connectivity index (χ3v) is 5.58. The van der Waals surface area contributed by atoms with Crippen molar-refractivity contribution in [3.05, 3.63) is 64.7 Å². The van der Waals surface area contributed by atoms with Gasteiger partial charge in [0, 0.05) is 12.3 Å². The van der Waals surface area contributed by atoms with Crippen LogP contribution in [0.15, 0.2) is 47.8 Å². The third kappa shape index (κ3) is 5.26. The first-order valence-electron chi connectivity index (χ1n) is 10.3. The highest BCUT2D eigenvalue weighted by molar-refractivity contribution is 7.14. The number of ether oxygens (including phenoxy) is 3. The Labute approximate surface area is 191 Å². The molecule has 3 aromatic rings.